The van der Waals surface area contributed by atoms with Crippen molar-refractivity contribution in [2.45, 2.75) is 192 Å². The summed E-state index contributed by atoms with van der Waals surface area (Å²) >= 11 is 0. The predicted octanol–water partition coefficient (Wildman–Crippen LogP) is 5.67. The highest BCUT2D eigenvalue weighted by Gasteiger charge is 2.32. The first-order valence-electron chi connectivity index (χ1n) is 17.4. The maximum Gasteiger partial charge on any atom is 0.306 e. The highest BCUT2D eigenvalue weighted by molar-refractivity contribution is 5.80. The second-order valence-corrected chi connectivity index (χ2v) is 12.2. The molecule has 1 amide bonds. The first-order valence-corrected chi connectivity index (χ1v) is 17.4. The lowest BCUT2D eigenvalue weighted by Gasteiger charge is -2.26. The van der Waals surface area contributed by atoms with Crippen LogP contribution in [0, 0.1) is 0 Å². The summed E-state index contributed by atoms with van der Waals surface area (Å²) in [6.45, 7) is 3.62. The molecule has 9 heteroatoms. The van der Waals surface area contributed by atoms with Gasteiger partial charge in [-0.25, -0.2) is 0 Å². The molecule has 43 heavy (non-hydrogen) atoms. The minimum atomic E-state index is -1.82. The lowest BCUT2D eigenvalue weighted by Crippen LogP contribution is -2.53. The molecule has 0 aliphatic heterocycles. The second kappa shape index (κ2) is 29.2. The quantitative estimate of drug-likeness (QED) is 0.0380. The molecular weight excluding hydrogens is 550 g/mol. The van der Waals surface area contributed by atoms with Crippen LogP contribution in [0.1, 0.15) is 162 Å². The van der Waals surface area contributed by atoms with E-state index < -0.39 is 43.0 Å². The highest BCUT2D eigenvalue weighted by Crippen LogP contribution is 2.17. The van der Waals surface area contributed by atoms with Crippen LogP contribution in [-0.2, 0) is 19.1 Å². The van der Waals surface area contributed by atoms with E-state index in [0.29, 0.717) is 12.8 Å². The standard InChI is InChI=1S/C34H65NO8/c1-3-5-7-9-11-13-14-16-18-20-22-24-32(40)43-28(23-21-19-17-15-12-10-8-6-4-2)25-31(39)35-29(26-36)33(41)34(42)30(38)27-37/h26,28-30,33-34,37-38,41-42H,3-25,27H2,1-2H3,(H,35,39)/t28-,29+,30-,33-,34-/m1/s1. The van der Waals surface area contributed by atoms with Crippen molar-refractivity contribution in [1.29, 1.82) is 0 Å². The van der Waals surface area contributed by atoms with Crippen molar-refractivity contribution in [2.75, 3.05) is 6.61 Å². The Hall–Kier alpha value is -1.55. The van der Waals surface area contributed by atoms with Crippen molar-refractivity contribution >= 4 is 18.2 Å². The van der Waals surface area contributed by atoms with Crippen molar-refractivity contribution in [3.63, 3.8) is 0 Å². The van der Waals surface area contributed by atoms with Crippen LogP contribution in [-0.4, -0.2) is 75.7 Å². The van der Waals surface area contributed by atoms with Gasteiger partial charge in [-0.05, 0) is 19.3 Å². The number of nitrogens with one attached hydrogen (secondary N) is 1. The Morgan fingerprint density at radius 1 is 0.674 bits per heavy atom. The maximum absolute atomic E-state index is 12.7. The number of amides is 1. The smallest absolute Gasteiger partial charge is 0.306 e. The summed E-state index contributed by atoms with van der Waals surface area (Å²) in [5, 5.41) is 41.0. The van der Waals surface area contributed by atoms with E-state index in [4.69, 9.17) is 9.84 Å². The maximum atomic E-state index is 12.7. The molecule has 9 nitrogen and oxygen atoms in total. The summed E-state index contributed by atoms with van der Waals surface area (Å²) in [4.78, 5) is 36.8. The Kier molecular flexibility index (Phi) is 28.1. The second-order valence-electron chi connectivity index (χ2n) is 12.2. The number of aliphatic hydroxyl groups excluding tert-OH is 4. The van der Waals surface area contributed by atoms with Gasteiger partial charge < -0.3 is 35.3 Å². The molecule has 0 unspecified atom stereocenters. The average Bonchev–Trinajstić information content (AvgIpc) is 3.00. The number of hydrogen-bond acceptors (Lipinski definition) is 8. The van der Waals surface area contributed by atoms with Crippen LogP contribution >= 0.6 is 0 Å². The number of aldehydes is 1. The van der Waals surface area contributed by atoms with E-state index in [2.05, 4.69) is 19.2 Å². The molecule has 0 fully saturated rings. The zero-order chi connectivity index (χ0) is 32.1. The molecule has 0 heterocycles. The van der Waals surface area contributed by atoms with E-state index in [0.717, 1.165) is 44.9 Å². The molecule has 5 atom stereocenters. The molecule has 0 aromatic heterocycles. The SMILES string of the molecule is CCCCCCCCCCCCCC(=O)O[C@H](CCCCCCCCCCC)CC(=O)N[C@@H](C=O)[C@@H](O)[C@H](O)[C@H](O)CO. The Bertz CT molecular complexity index is 677. The van der Waals surface area contributed by atoms with Crippen LogP contribution in [0.3, 0.4) is 0 Å². The van der Waals surface area contributed by atoms with E-state index in [1.165, 1.54) is 83.5 Å². The van der Waals surface area contributed by atoms with Gasteiger partial charge in [0.15, 0.2) is 0 Å². The molecule has 0 aliphatic carbocycles. The summed E-state index contributed by atoms with van der Waals surface area (Å²) in [6, 6.07) is -1.48. The molecule has 0 spiro atoms. The third kappa shape index (κ3) is 23.5. The van der Waals surface area contributed by atoms with E-state index in [-0.39, 0.29) is 18.7 Å². The van der Waals surface area contributed by atoms with Gasteiger partial charge in [0.05, 0.1) is 13.0 Å². The monoisotopic (exact) mass is 615 g/mol. The Balaban J connectivity index is 4.64. The summed E-state index contributed by atoms with van der Waals surface area (Å²) in [6.07, 6.45) is 18.3. The normalized spacial score (nSPS) is 14.9. The van der Waals surface area contributed by atoms with Gasteiger partial charge >= 0.3 is 5.97 Å². The van der Waals surface area contributed by atoms with Gasteiger partial charge in [0.25, 0.3) is 0 Å². The predicted molar refractivity (Wildman–Crippen MR) is 171 cm³/mol. The van der Waals surface area contributed by atoms with Crippen LogP contribution in [0.5, 0.6) is 0 Å². The number of esters is 1. The van der Waals surface area contributed by atoms with Crippen molar-refractivity contribution < 1.29 is 39.5 Å². The lowest BCUT2D eigenvalue weighted by molar-refractivity contribution is -0.151. The van der Waals surface area contributed by atoms with E-state index in [9.17, 15) is 29.7 Å². The fourth-order valence-corrected chi connectivity index (χ4v) is 5.26. The molecule has 5 N–H and O–H groups in total. The lowest BCUT2D eigenvalue weighted by atomic mass is 10.0. The fraction of sp³-hybridized carbons (Fsp3) is 0.912. The molecule has 0 bridgehead atoms. The molecule has 0 saturated heterocycles. The minimum Gasteiger partial charge on any atom is -0.462 e. The van der Waals surface area contributed by atoms with Crippen LogP contribution < -0.4 is 5.32 Å². The van der Waals surface area contributed by atoms with Crippen LogP contribution in [0.4, 0.5) is 0 Å². The third-order valence-corrected chi connectivity index (χ3v) is 8.10. The zero-order valence-electron chi connectivity index (χ0n) is 27.4. The molecule has 0 aliphatic rings. The van der Waals surface area contributed by atoms with Gasteiger partial charge in [-0.1, -0.05) is 129 Å². The van der Waals surface area contributed by atoms with Crippen molar-refractivity contribution in [1.82, 2.24) is 5.32 Å². The zero-order valence-corrected chi connectivity index (χ0v) is 27.4. The Morgan fingerprint density at radius 3 is 1.56 bits per heavy atom. The van der Waals surface area contributed by atoms with Crippen molar-refractivity contribution in [3.8, 4) is 0 Å². The summed E-state index contributed by atoms with van der Waals surface area (Å²) in [5.74, 6) is -0.941. The Labute approximate surface area is 261 Å². The van der Waals surface area contributed by atoms with E-state index in [1.807, 2.05) is 0 Å². The number of hydrogen-bond donors (Lipinski definition) is 5. The van der Waals surface area contributed by atoms with Gasteiger partial charge in [-0.2, -0.15) is 0 Å². The van der Waals surface area contributed by atoms with Crippen LogP contribution in [0.25, 0.3) is 0 Å². The molecule has 0 saturated carbocycles. The van der Waals surface area contributed by atoms with E-state index in [1.54, 1.807) is 0 Å². The molecule has 254 valence electrons. The number of unbranched alkanes of at least 4 members (excludes halogenated alkanes) is 18. The molecule has 0 rings (SSSR count). The van der Waals surface area contributed by atoms with Gasteiger partial charge in [0, 0.05) is 6.42 Å². The minimum absolute atomic E-state index is 0.170. The fourth-order valence-electron chi connectivity index (χ4n) is 5.26. The summed E-state index contributed by atoms with van der Waals surface area (Å²) in [5.41, 5.74) is 0. The summed E-state index contributed by atoms with van der Waals surface area (Å²) < 4.78 is 5.69. The van der Waals surface area contributed by atoms with Gasteiger partial charge in [-0.3, -0.25) is 9.59 Å². The van der Waals surface area contributed by atoms with Gasteiger partial charge in [-0.15, -0.1) is 0 Å². The van der Waals surface area contributed by atoms with Crippen LogP contribution in [0.15, 0.2) is 0 Å². The summed E-state index contributed by atoms with van der Waals surface area (Å²) in [7, 11) is 0. The number of carbonyl (C=O) groups is 3. The molecule has 0 radical (unpaired) electrons. The third-order valence-electron chi connectivity index (χ3n) is 8.10. The van der Waals surface area contributed by atoms with Crippen LogP contribution in [0.2, 0.25) is 0 Å². The highest BCUT2D eigenvalue weighted by atomic mass is 16.5. The van der Waals surface area contributed by atoms with Gasteiger partial charge in [0.2, 0.25) is 5.91 Å². The van der Waals surface area contributed by atoms with Crippen molar-refractivity contribution in [2.24, 2.45) is 0 Å². The first-order chi connectivity index (χ1) is 20.8. The Morgan fingerprint density at radius 2 is 1.12 bits per heavy atom. The molecule has 0 aromatic rings. The molecular formula is C34H65NO8. The molecule has 0 aromatic carbocycles. The largest absolute Gasteiger partial charge is 0.462 e. The number of carbonyl (C=O) groups excluding carboxylic acids is 3. The topological polar surface area (TPSA) is 153 Å². The van der Waals surface area contributed by atoms with Crippen molar-refractivity contribution in [3.05, 3.63) is 0 Å². The van der Waals surface area contributed by atoms with Gasteiger partial charge in [0.1, 0.15) is 36.7 Å². The van der Waals surface area contributed by atoms with E-state index >= 15 is 0 Å². The first kappa shape index (κ1) is 41.4. The number of rotatable bonds is 31. The number of ether oxygens (including phenoxy) is 1. The number of aliphatic hydroxyl groups is 4. The average molecular weight is 616 g/mol.